The highest BCUT2D eigenvalue weighted by molar-refractivity contribution is 7.47. The number of aliphatic hydroxyl groups is 1. The largest absolute Gasteiger partial charge is 0.472 e. The topological polar surface area (TPSA) is 237 Å². The predicted octanol–water partition coefficient (Wildman–Crippen LogP) is 27.1. The third kappa shape index (κ3) is 79.3. The fourth-order valence-electron chi connectivity index (χ4n) is 13.8. The molecule has 0 saturated carbocycles. The standard InChI is InChI=1S/C89H174O17P2/c1-9-81(7)67-59-51-42-36-30-24-18-13-11-12-14-19-27-33-39-45-55-63-71-88(93)105-84(75-99-86(91)69-61-53-44-38-32-26-22-21-25-31-37-43-52-60-68-82(8)10-2)77-103-107(95,96)101-73-83(90)74-102-108(97,98)104-78-85(76-100-87(92)70-62-54-48-47-50-58-66-80(5)6)106-89(94)72-64-56-46-40-34-28-20-16-15-17-23-29-35-41-49-57-65-79(3)4/h79-85,90H,9-78H2,1-8H3,(H,95,96)(H,97,98)/t81?,82?,83?,84-,85-/m1/s1. The lowest BCUT2D eigenvalue weighted by atomic mass is 9.99. The van der Waals surface area contributed by atoms with Crippen LogP contribution < -0.4 is 0 Å². The van der Waals surface area contributed by atoms with Gasteiger partial charge in [-0.1, -0.05) is 415 Å². The highest BCUT2D eigenvalue weighted by Gasteiger charge is 2.31. The first-order chi connectivity index (χ1) is 52.2. The summed E-state index contributed by atoms with van der Waals surface area (Å²) in [5, 5.41) is 10.7. The van der Waals surface area contributed by atoms with Crippen molar-refractivity contribution in [2.75, 3.05) is 39.6 Å². The van der Waals surface area contributed by atoms with E-state index in [0.717, 1.165) is 114 Å². The highest BCUT2D eigenvalue weighted by atomic mass is 31.2. The van der Waals surface area contributed by atoms with Gasteiger partial charge in [0.1, 0.15) is 19.3 Å². The summed E-state index contributed by atoms with van der Waals surface area (Å²) in [5.74, 6) is 1.10. The summed E-state index contributed by atoms with van der Waals surface area (Å²) in [7, 11) is -9.93. The van der Waals surface area contributed by atoms with Gasteiger partial charge in [0.2, 0.25) is 0 Å². The van der Waals surface area contributed by atoms with Crippen molar-refractivity contribution < 1.29 is 80.2 Å². The van der Waals surface area contributed by atoms with Crippen LogP contribution in [0, 0.1) is 23.7 Å². The van der Waals surface area contributed by atoms with Crippen LogP contribution in [-0.2, 0) is 65.4 Å². The number of ether oxygens (including phenoxy) is 4. The Kier molecular flexibility index (Phi) is 76.2. The van der Waals surface area contributed by atoms with E-state index in [-0.39, 0.29) is 25.7 Å². The van der Waals surface area contributed by atoms with E-state index in [2.05, 4.69) is 55.4 Å². The summed E-state index contributed by atoms with van der Waals surface area (Å²) in [6, 6.07) is 0. The lowest BCUT2D eigenvalue weighted by molar-refractivity contribution is -0.161. The Morgan fingerprint density at radius 1 is 0.259 bits per heavy atom. The normalized spacial score (nSPS) is 14.4. The minimum Gasteiger partial charge on any atom is -0.462 e. The van der Waals surface area contributed by atoms with Crippen molar-refractivity contribution in [3.63, 3.8) is 0 Å². The van der Waals surface area contributed by atoms with Crippen molar-refractivity contribution in [1.82, 2.24) is 0 Å². The molecule has 17 nitrogen and oxygen atoms in total. The van der Waals surface area contributed by atoms with Gasteiger partial charge in [-0.3, -0.25) is 37.3 Å². The SMILES string of the molecule is CCC(C)CCCCCCCCCCCCCCCCCCCCC(=O)O[C@H](COC(=O)CCCCCCCCCCCCCCCCC(C)CC)COP(=O)(O)OCC(O)COP(=O)(O)OC[C@@H](COC(=O)CCCCCCCCC(C)C)OC(=O)CCCCCCCCCCCCCCCCCCC(C)C. The molecule has 0 radical (unpaired) electrons. The van der Waals surface area contributed by atoms with Gasteiger partial charge in [0.15, 0.2) is 12.2 Å². The van der Waals surface area contributed by atoms with E-state index < -0.39 is 97.5 Å². The van der Waals surface area contributed by atoms with Gasteiger partial charge in [-0.25, -0.2) is 9.13 Å². The Bertz CT molecular complexity index is 2100. The average molecular weight is 1580 g/mol. The summed E-state index contributed by atoms with van der Waals surface area (Å²) in [6.45, 7) is 14.4. The van der Waals surface area contributed by atoms with E-state index in [1.807, 2.05) is 0 Å². The number of phosphoric acid groups is 2. The minimum absolute atomic E-state index is 0.107. The number of hydrogen-bond donors (Lipinski definition) is 3. The molecule has 0 rings (SSSR count). The predicted molar refractivity (Wildman–Crippen MR) is 446 cm³/mol. The number of phosphoric ester groups is 2. The highest BCUT2D eigenvalue weighted by Crippen LogP contribution is 2.45. The second-order valence-corrected chi connectivity index (χ2v) is 36.3. The van der Waals surface area contributed by atoms with Crippen molar-refractivity contribution >= 4 is 39.5 Å². The van der Waals surface area contributed by atoms with Crippen LogP contribution in [0.15, 0.2) is 0 Å². The van der Waals surface area contributed by atoms with Crippen molar-refractivity contribution in [3.05, 3.63) is 0 Å². The maximum absolute atomic E-state index is 13.2. The van der Waals surface area contributed by atoms with E-state index >= 15 is 0 Å². The first-order valence-corrected chi connectivity index (χ1v) is 48.8. The molecule has 108 heavy (non-hydrogen) atoms. The zero-order valence-electron chi connectivity index (χ0n) is 71.5. The number of esters is 4. The van der Waals surface area contributed by atoms with Gasteiger partial charge in [-0.15, -0.1) is 0 Å². The Balaban J connectivity index is 5.21. The molecular formula is C89H174O17P2. The number of carbonyl (C=O) groups is 4. The Morgan fingerprint density at radius 2 is 0.444 bits per heavy atom. The van der Waals surface area contributed by atoms with Gasteiger partial charge in [-0.05, 0) is 49.4 Å². The van der Waals surface area contributed by atoms with Crippen molar-refractivity contribution in [2.24, 2.45) is 23.7 Å². The van der Waals surface area contributed by atoms with Crippen molar-refractivity contribution in [3.8, 4) is 0 Å². The van der Waals surface area contributed by atoms with Crippen LogP contribution in [-0.4, -0.2) is 96.7 Å². The van der Waals surface area contributed by atoms with Gasteiger partial charge in [0.05, 0.1) is 26.4 Å². The van der Waals surface area contributed by atoms with Gasteiger partial charge < -0.3 is 33.8 Å². The average Bonchev–Trinajstić information content (AvgIpc) is 0.908. The van der Waals surface area contributed by atoms with Gasteiger partial charge in [0, 0.05) is 25.7 Å². The van der Waals surface area contributed by atoms with E-state index in [1.54, 1.807) is 0 Å². The zero-order valence-corrected chi connectivity index (χ0v) is 73.3. The molecule has 0 aromatic rings. The summed E-state index contributed by atoms with van der Waals surface area (Å²) < 4.78 is 68.9. The zero-order chi connectivity index (χ0) is 79.5. The van der Waals surface area contributed by atoms with Crippen LogP contribution in [0.4, 0.5) is 0 Å². The Labute approximate surface area is 664 Å². The molecule has 0 aliphatic rings. The van der Waals surface area contributed by atoms with Crippen LogP contribution in [0.3, 0.4) is 0 Å². The maximum Gasteiger partial charge on any atom is 0.472 e. The summed E-state index contributed by atoms with van der Waals surface area (Å²) in [6.07, 6.45) is 68.2. The number of rotatable bonds is 86. The minimum atomic E-state index is -4.97. The molecule has 0 heterocycles. The molecule has 0 bridgehead atoms. The monoisotopic (exact) mass is 1580 g/mol. The number of aliphatic hydroxyl groups excluding tert-OH is 1. The second-order valence-electron chi connectivity index (χ2n) is 33.4. The molecule has 0 aliphatic carbocycles. The van der Waals surface area contributed by atoms with E-state index in [1.165, 1.54) is 263 Å². The smallest absolute Gasteiger partial charge is 0.462 e. The first kappa shape index (κ1) is 106. The van der Waals surface area contributed by atoms with Crippen LogP contribution in [0.1, 0.15) is 466 Å². The van der Waals surface area contributed by atoms with E-state index in [4.69, 9.17) is 37.0 Å². The fourth-order valence-corrected chi connectivity index (χ4v) is 15.4. The van der Waals surface area contributed by atoms with Crippen molar-refractivity contribution in [2.45, 2.75) is 485 Å². The molecule has 642 valence electrons. The molecule has 7 atom stereocenters. The Morgan fingerprint density at radius 3 is 0.657 bits per heavy atom. The third-order valence-corrected chi connectivity index (χ3v) is 23.4. The molecule has 3 N–H and O–H groups in total. The molecule has 19 heteroatoms. The molecule has 5 unspecified atom stereocenters. The summed E-state index contributed by atoms with van der Waals surface area (Å²) in [4.78, 5) is 73.3. The third-order valence-electron chi connectivity index (χ3n) is 21.5. The van der Waals surface area contributed by atoms with E-state index in [0.29, 0.717) is 31.6 Å². The molecule has 0 spiro atoms. The van der Waals surface area contributed by atoms with Crippen molar-refractivity contribution in [1.29, 1.82) is 0 Å². The maximum atomic E-state index is 13.2. The van der Waals surface area contributed by atoms with Gasteiger partial charge >= 0.3 is 39.5 Å². The van der Waals surface area contributed by atoms with Crippen LogP contribution >= 0.6 is 15.6 Å². The molecule has 0 aromatic heterocycles. The number of hydrogen-bond acceptors (Lipinski definition) is 15. The number of carbonyl (C=O) groups excluding carboxylic acids is 4. The molecule has 0 aromatic carbocycles. The molecule has 0 fully saturated rings. The van der Waals surface area contributed by atoms with E-state index in [9.17, 15) is 43.2 Å². The first-order valence-electron chi connectivity index (χ1n) is 45.8. The second kappa shape index (κ2) is 77.6. The quantitative estimate of drug-likeness (QED) is 0.0222. The van der Waals surface area contributed by atoms with Crippen LogP contribution in [0.5, 0.6) is 0 Å². The van der Waals surface area contributed by atoms with Gasteiger partial charge in [0.25, 0.3) is 0 Å². The fraction of sp³-hybridized carbons (Fsp3) is 0.955. The molecule has 0 saturated heterocycles. The Hall–Kier alpha value is -1.94. The number of unbranched alkanes of at least 4 members (excludes halogenated alkanes) is 50. The van der Waals surface area contributed by atoms with Crippen LogP contribution in [0.25, 0.3) is 0 Å². The van der Waals surface area contributed by atoms with Crippen LogP contribution in [0.2, 0.25) is 0 Å². The molecule has 0 amide bonds. The molecule has 0 aliphatic heterocycles. The van der Waals surface area contributed by atoms with Gasteiger partial charge in [-0.2, -0.15) is 0 Å². The molecular weight excluding hydrogens is 1400 g/mol. The lowest BCUT2D eigenvalue weighted by Crippen LogP contribution is -2.30. The summed E-state index contributed by atoms with van der Waals surface area (Å²) >= 11 is 0. The summed E-state index contributed by atoms with van der Waals surface area (Å²) in [5.41, 5.74) is 0. The lowest BCUT2D eigenvalue weighted by Gasteiger charge is -2.21.